The van der Waals surface area contributed by atoms with Crippen LogP contribution < -0.4 is 0 Å². The van der Waals surface area contributed by atoms with Gasteiger partial charge in [-0.05, 0) is 5.56 Å². The molecule has 0 saturated heterocycles. The van der Waals surface area contributed by atoms with E-state index in [1.165, 1.54) is 4.90 Å². The van der Waals surface area contributed by atoms with Gasteiger partial charge in [-0.2, -0.15) is 0 Å². The van der Waals surface area contributed by atoms with Crippen molar-refractivity contribution >= 4 is 6.09 Å². The zero-order valence-corrected chi connectivity index (χ0v) is 9.72. The van der Waals surface area contributed by atoms with Gasteiger partial charge < -0.3 is 14.4 Å². The second-order valence-corrected chi connectivity index (χ2v) is 4.04. The Kier molecular flexibility index (Phi) is 3.28. The van der Waals surface area contributed by atoms with Gasteiger partial charge in [0.2, 0.25) is 6.29 Å². The molecule has 17 heavy (non-hydrogen) atoms. The number of nitrogens with zero attached hydrogens (tertiary/aromatic N) is 1. The van der Waals surface area contributed by atoms with E-state index in [1.807, 2.05) is 0 Å². The summed E-state index contributed by atoms with van der Waals surface area (Å²) >= 11 is 0. The van der Waals surface area contributed by atoms with Gasteiger partial charge in [-0.1, -0.05) is 24.3 Å². The lowest BCUT2D eigenvalue weighted by Gasteiger charge is -2.28. The van der Waals surface area contributed by atoms with E-state index in [4.69, 9.17) is 9.47 Å². The minimum absolute atomic E-state index is 0.0949. The lowest BCUT2D eigenvalue weighted by Crippen LogP contribution is -2.28. The predicted molar refractivity (Wildman–Crippen MR) is 59.2 cm³/mol. The number of ether oxygens (including phenoxy) is 2. The monoisotopic (exact) mass is 239 g/mol. The fourth-order valence-corrected chi connectivity index (χ4v) is 1.66. The average Bonchev–Trinajstić information content (AvgIpc) is 2.33. The Labute approximate surface area is 98.9 Å². The fraction of sp³-hybridized carbons (Fsp3) is 0.417. The van der Waals surface area contributed by atoms with E-state index < -0.39 is 18.6 Å². The Morgan fingerprint density at radius 3 is 2.71 bits per heavy atom. The molecule has 0 bridgehead atoms. The van der Waals surface area contributed by atoms with Crippen LogP contribution in [0.15, 0.2) is 24.3 Å². The molecule has 1 heterocycles. The van der Waals surface area contributed by atoms with Crippen LogP contribution >= 0.6 is 0 Å². The molecule has 5 heteroatoms. The van der Waals surface area contributed by atoms with Crippen molar-refractivity contribution in [3.8, 4) is 0 Å². The first-order valence-electron chi connectivity index (χ1n) is 5.32. The Hall–Kier alpha value is -1.62. The van der Waals surface area contributed by atoms with Crippen molar-refractivity contribution in [2.75, 3.05) is 20.7 Å². The van der Waals surface area contributed by atoms with Crippen LogP contribution in [0.25, 0.3) is 0 Å². The van der Waals surface area contributed by atoms with Crippen molar-refractivity contribution in [1.82, 2.24) is 4.90 Å². The first kappa shape index (κ1) is 11.9. The molecular weight excluding hydrogens is 225 g/mol. The molecule has 2 unspecified atom stereocenters. The molecule has 1 aliphatic rings. The van der Waals surface area contributed by atoms with Crippen LogP contribution in [-0.2, 0) is 9.47 Å². The number of halogens is 1. The van der Waals surface area contributed by atoms with Crippen molar-refractivity contribution < 1.29 is 18.7 Å². The Morgan fingerprint density at radius 2 is 2.06 bits per heavy atom. The molecule has 4 nitrogen and oxygen atoms in total. The van der Waals surface area contributed by atoms with Crippen LogP contribution in [0.4, 0.5) is 9.18 Å². The largest absolute Gasteiger partial charge is 0.415 e. The van der Waals surface area contributed by atoms with Gasteiger partial charge >= 0.3 is 6.09 Å². The highest BCUT2D eigenvalue weighted by molar-refractivity contribution is 5.67. The summed E-state index contributed by atoms with van der Waals surface area (Å²) in [7, 11) is 3.16. The second-order valence-electron chi connectivity index (χ2n) is 4.04. The quantitative estimate of drug-likeness (QED) is 0.755. The van der Waals surface area contributed by atoms with Gasteiger partial charge in [0, 0.05) is 19.7 Å². The Balaban J connectivity index is 2.21. The van der Waals surface area contributed by atoms with Gasteiger partial charge in [0.1, 0.15) is 6.17 Å². The molecule has 0 aliphatic carbocycles. The van der Waals surface area contributed by atoms with Gasteiger partial charge in [0.25, 0.3) is 0 Å². The number of carbonyl (C=O) groups is 1. The van der Waals surface area contributed by atoms with Crippen LogP contribution in [0, 0.1) is 0 Å². The molecule has 1 aliphatic heterocycles. The molecule has 92 valence electrons. The minimum atomic E-state index is -1.17. The summed E-state index contributed by atoms with van der Waals surface area (Å²) in [5, 5.41) is 0. The third kappa shape index (κ3) is 2.39. The Morgan fingerprint density at radius 1 is 1.41 bits per heavy atom. The van der Waals surface area contributed by atoms with E-state index in [-0.39, 0.29) is 6.61 Å². The van der Waals surface area contributed by atoms with Crippen LogP contribution in [-0.4, -0.2) is 31.7 Å². The number of carbonyl (C=O) groups excluding carboxylic acids is 1. The van der Waals surface area contributed by atoms with Crippen molar-refractivity contribution in [3.63, 3.8) is 0 Å². The molecular formula is C12H14FNO3. The number of rotatable bonds is 1. The van der Waals surface area contributed by atoms with Gasteiger partial charge in [-0.25, -0.2) is 9.18 Å². The van der Waals surface area contributed by atoms with E-state index in [0.717, 1.165) is 0 Å². The lowest BCUT2D eigenvalue weighted by molar-refractivity contribution is -0.136. The molecule has 2 rings (SSSR count). The predicted octanol–water partition coefficient (Wildman–Crippen LogP) is 2.42. The van der Waals surface area contributed by atoms with Crippen molar-refractivity contribution in [3.05, 3.63) is 35.4 Å². The van der Waals surface area contributed by atoms with Gasteiger partial charge in [0.15, 0.2) is 0 Å². The van der Waals surface area contributed by atoms with Gasteiger partial charge in [-0.3, -0.25) is 0 Å². The molecule has 0 spiro atoms. The smallest absolute Gasteiger partial charge is 0.411 e. The van der Waals surface area contributed by atoms with Crippen molar-refractivity contribution in [1.29, 1.82) is 0 Å². The summed E-state index contributed by atoms with van der Waals surface area (Å²) in [6.07, 6.45) is -2.50. The molecule has 1 aromatic rings. The molecule has 0 N–H and O–H groups in total. The first-order valence-corrected chi connectivity index (χ1v) is 5.32. The SMILES string of the molecule is CN(C)C(=O)OC1OCC(F)c2ccccc21. The zero-order chi connectivity index (χ0) is 12.4. The third-order valence-electron chi connectivity index (χ3n) is 2.55. The number of alkyl halides is 1. The van der Waals surface area contributed by atoms with Crippen LogP contribution in [0.5, 0.6) is 0 Å². The van der Waals surface area contributed by atoms with Crippen LogP contribution in [0.2, 0.25) is 0 Å². The van der Waals surface area contributed by atoms with E-state index in [2.05, 4.69) is 0 Å². The maximum atomic E-state index is 13.6. The van der Waals surface area contributed by atoms with Crippen molar-refractivity contribution in [2.24, 2.45) is 0 Å². The molecule has 0 fully saturated rings. The molecule has 1 amide bonds. The number of benzene rings is 1. The van der Waals surface area contributed by atoms with Crippen molar-refractivity contribution in [2.45, 2.75) is 12.5 Å². The summed E-state index contributed by atoms with van der Waals surface area (Å²) in [5.41, 5.74) is 1.09. The van der Waals surface area contributed by atoms with E-state index in [1.54, 1.807) is 38.4 Å². The maximum absolute atomic E-state index is 13.6. The normalized spacial score (nSPS) is 22.8. The van der Waals surface area contributed by atoms with E-state index >= 15 is 0 Å². The highest BCUT2D eigenvalue weighted by Gasteiger charge is 2.30. The fourth-order valence-electron chi connectivity index (χ4n) is 1.66. The number of hydrogen-bond acceptors (Lipinski definition) is 3. The third-order valence-corrected chi connectivity index (χ3v) is 2.55. The first-order chi connectivity index (χ1) is 8.09. The average molecular weight is 239 g/mol. The summed E-state index contributed by atoms with van der Waals surface area (Å²) in [6.45, 7) is -0.0949. The summed E-state index contributed by atoms with van der Waals surface area (Å²) in [5.74, 6) is 0. The van der Waals surface area contributed by atoms with Crippen LogP contribution in [0.1, 0.15) is 23.6 Å². The summed E-state index contributed by atoms with van der Waals surface area (Å²) < 4.78 is 23.9. The van der Waals surface area contributed by atoms with Gasteiger partial charge in [-0.15, -0.1) is 0 Å². The standard InChI is InChI=1S/C12H14FNO3/c1-14(2)12(15)17-11-9-6-4-3-5-8(9)10(13)7-16-11/h3-6,10-11H,7H2,1-2H3. The lowest BCUT2D eigenvalue weighted by atomic mass is 10.0. The molecule has 0 aromatic heterocycles. The number of amides is 1. The molecule has 2 atom stereocenters. The minimum Gasteiger partial charge on any atom is -0.415 e. The maximum Gasteiger partial charge on any atom is 0.411 e. The van der Waals surface area contributed by atoms with E-state index in [0.29, 0.717) is 11.1 Å². The Bertz CT molecular complexity index is 422. The number of fused-ring (bicyclic) bond motifs is 1. The molecule has 0 radical (unpaired) electrons. The van der Waals surface area contributed by atoms with Crippen LogP contribution in [0.3, 0.4) is 0 Å². The highest BCUT2D eigenvalue weighted by Crippen LogP contribution is 2.35. The highest BCUT2D eigenvalue weighted by atomic mass is 19.1. The molecule has 0 saturated carbocycles. The number of hydrogen-bond donors (Lipinski definition) is 0. The topological polar surface area (TPSA) is 38.8 Å². The van der Waals surface area contributed by atoms with E-state index in [9.17, 15) is 9.18 Å². The van der Waals surface area contributed by atoms with Gasteiger partial charge in [0.05, 0.1) is 6.61 Å². The zero-order valence-electron chi connectivity index (χ0n) is 9.72. The summed E-state index contributed by atoms with van der Waals surface area (Å²) in [6, 6.07) is 6.89. The molecule has 1 aromatic carbocycles. The summed E-state index contributed by atoms with van der Waals surface area (Å²) in [4.78, 5) is 12.7. The second kappa shape index (κ2) is 4.71.